The van der Waals surface area contributed by atoms with Gasteiger partial charge >= 0.3 is 6.01 Å². The number of hydrogen-bond donors (Lipinski definition) is 0. The molecule has 4 fully saturated rings. The number of nitrogens with zero attached hydrogens (tertiary/aromatic N) is 4. The van der Waals surface area contributed by atoms with Crippen molar-refractivity contribution in [1.29, 1.82) is 0 Å². The van der Waals surface area contributed by atoms with Gasteiger partial charge < -0.3 is 23.5 Å². The Bertz CT molecular complexity index is 908. The fourth-order valence-corrected chi connectivity index (χ4v) is 5.35. The van der Waals surface area contributed by atoms with Crippen LogP contribution in [0.4, 0.5) is 10.4 Å². The van der Waals surface area contributed by atoms with Crippen molar-refractivity contribution in [2.24, 2.45) is 0 Å². The monoisotopic (exact) mass is 430 g/mol. The number of aromatic nitrogens is 2. The molecule has 4 aliphatic rings. The van der Waals surface area contributed by atoms with Gasteiger partial charge in [0.2, 0.25) is 6.39 Å². The quantitative estimate of drug-likeness (QED) is 0.715. The highest BCUT2D eigenvalue weighted by Crippen LogP contribution is 2.41. The zero-order valence-electron chi connectivity index (χ0n) is 17.4. The Hall–Kier alpha value is -2.23. The number of benzene rings is 1. The molecule has 0 aliphatic carbocycles. The number of hydrogen-bond acceptors (Lipinski definition) is 8. The molecule has 1 unspecified atom stereocenters. The number of rotatable bonds is 5. The molecule has 1 spiro atoms. The van der Waals surface area contributed by atoms with Gasteiger partial charge in [-0.2, -0.15) is 0 Å². The predicted octanol–water partition coefficient (Wildman–Crippen LogP) is 2.21. The van der Waals surface area contributed by atoms with E-state index in [0.29, 0.717) is 31.2 Å². The Morgan fingerprint density at radius 1 is 1.13 bits per heavy atom. The Labute approximate surface area is 180 Å². The van der Waals surface area contributed by atoms with Crippen molar-refractivity contribution in [2.45, 2.75) is 42.9 Å². The lowest BCUT2D eigenvalue weighted by Crippen LogP contribution is -2.62. The zero-order chi connectivity index (χ0) is 20.8. The number of ether oxygens (including phenoxy) is 3. The van der Waals surface area contributed by atoms with E-state index in [1.165, 1.54) is 12.5 Å². The average molecular weight is 430 g/mol. The van der Waals surface area contributed by atoms with E-state index in [4.69, 9.17) is 18.6 Å². The molecule has 4 aliphatic heterocycles. The lowest BCUT2D eigenvalue weighted by Gasteiger charge is -2.46. The van der Waals surface area contributed by atoms with Gasteiger partial charge in [0.15, 0.2) is 0 Å². The molecule has 4 saturated heterocycles. The highest BCUT2D eigenvalue weighted by molar-refractivity contribution is 5.38. The van der Waals surface area contributed by atoms with E-state index >= 15 is 0 Å². The maximum absolute atomic E-state index is 14.0. The number of anilines is 1. The maximum atomic E-state index is 14.0. The lowest BCUT2D eigenvalue weighted by atomic mass is 9.86. The molecule has 6 rings (SSSR count). The molecule has 0 radical (unpaired) electrons. The van der Waals surface area contributed by atoms with E-state index in [1.54, 1.807) is 12.1 Å². The van der Waals surface area contributed by atoms with Crippen LogP contribution in [0.3, 0.4) is 0 Å². The lowest BCUT2D eigenvalue weighted by molar-refractivity contribution is -0.0801. The molecule has 31 heavy (non-hydrogen) atoms. The van der Waals surface area contributed by atoms with Crippen LogP contribution in [0.15, 0.2) is 29.0 Å². The summed E-state index contributed by atoms with van der Waals surface area (Å²) >= 11 is 0. The summed E-state index contributed by atoms with van der Waals surface area (Å²) in [6.07, 6.45) is 4.47. The number of piperidine rings is 1. The topological polar surface area (TPSA) is 73.1 Å². The molecule has 9 heteroatoms. The predicted molar refractivity (Wildman–Crippen MR) is 109 cm³/mol. The first-order valence-corrected chi connectivity index (χ1v) is 11.1. The summed E-state index contributed by atoms with van der Waals surface area (Å²) in [5.41, 5.74) is 0.907. The zero-order valence-corrected chi connectivity index (χ0v) is 17.4. The minimum absolute atomic E-state index is 0.0883. The fourth-order valence-electron chi connectivity index (χ4n) is 5.35. The van der Waals surface area contributed by atoms with Crippen molar-refractivity contribution in [3.05, 3.63) is 36.0 Å². The van der Waals surface area contributed by atoms with Gasteiger partial charge in [-0.05, 0) is 56.5 Å². The molecular weight excluding hydrogens is 403 g/mol. The third-order valence-electron chi connectivity index (χ3n) is 7.13. The molecular formula is C22H27FN4O4. The van der Waals surface area contributed by atoms with Crippen LogP contribution in [0, 0.1) is 5.82 Å². The minimum atomic E-state index is -0.198. The highest BCUT2D eigenvalue weighted by Gasteiger charge is 2.52. The van der Waals surface area contributed by atoms with E-state index < -0.39 is 0 Å². The van der Waals surface area contributed by atoms with Crippen molar-refractivity contribution >= 4 is 6.01 Å². The molecule has 0 N–H and O–H groups in total. The second-order valence-electron chi connectivity index (χ2n) is 9.20. The van der Waals surface area contributed by atoms with E-state index in [9.17, 15) is 4.39 Å². The van der Waals surface area contributed by atoms with Crippen LogP contribution in [0.25, 0.3) is 0 Å². The molecule has 1 atom stereocenters. The second-order valence-corrected chi connectivity index (χ2v) is 9.20. The van der Waals surface area contributed by atoms with Crippen molar-refractivity contribution in [1.82, 2.24) is 15.1 Å². The van der Waals surface area contributed by atoms with Crippen LogP contribution in [0.2, 0.25) is 0 Å². The maximum Gasteiger partial charge on any atom is 0.318 e. The molecule has 0 amide bonds. The minimum Gasteiger partial charge on any atom is -0.485 e. The Morgan fingerprint density at radius 2 is 1.97 bits per heavy atom. The van der Waals surface area contributed by atoms with Gasteiger partial charge in [-0.3, -0.25) is 4.90 Å². The summed E-state index contributed by atoms with van der Waals surface area (Å²) in [6.45, 7) is 5.58. The van der Waals surface area contributed by atoms with E-state index in [2.05, 4.69) is 20.0 Å². The summed E-state index contributed by atoms with van der Waals surface area (Å²) in [4.78, 5) is 4.61. The largest absolute Gasteiger partial charge is 0.485 e. The van der Waals surface area contributed by atoms with Gasteiger partial charge in [-0.1, -0.05) is 5.10 Å². The second kappa shape index (κ2) is 7.72. The third kappa shape index (κ3) is 3.68. The van der Waals surface area contributed by atoms with Crippen molar-refractivity contribution in [3.8, 4) is 5.75 Å². The molecule has 8 nitrogen and oxygen atoms in total. The van der Waals surface area contributed by atoms with Crippen LogP contribution >= 0.6 is 0 Å². The van der Waals surface area contributed by atoms with Crippen LogP contribution < -0.4 is 9.64 Å². The summed E-state index contributed by atoms with van der Waals surface area (Å²) in [6, 6.07) is 5.92. The molecule has 2 aromatic rings. The SMILES string of the molecule is Fc1ccc(OC2COC2)c(C2CCN(C3COC4(C3)CN(c3nnco3)C4)CC2)c1. The number of halogens is 1. The van der Waals surface area contributed by atoms with Crippen molar-refractivity contribution < 1.29 is 23.0 Å². The Balaban J connectivity index is 1.05. The smallest absolute Gasteiger partial charge is 0.318 e. The van der Waals surface area contributed by atoms with Gasteiger partial charge in [0.1, 0.15) is 23.3 Å². The van der Waals surface area contributed by atoms with Crippen molar-refractivity contribution in [2.75, 3.05) is 50.9 Å². The molecule has 166 valence electrons. The summed E-state index contributed by atoms with van der Waals surface area (Å²) in [7, 11) is 0. The van der Waals surface area contributed by atoms with E-state index in [-0.39, 0.29) is 17.5 Å². The van der Waals surface area contributed by atoms with Gasteiger partial charge in [0.05, 0.1) is 32.9 Å². The average Bonchev–Trinajstić information content (AvgIpc) is 3.41. The molecule has 0 bridgehead atoms. The van der Waals surface area contributed by atoms with Gasteiger partial charge in [-0.25, -0.2) is 4.39 Å². The normalized spacial score (nSPS) is 26.7. The first-order valence-electron chi connectivity index (χ1n) is 11.1. The molecule has 1 aromatic carbocycles. The highest BCUT2D eigenvalue weighted by atomic mass is 19.1. The van der Waals surface area contributed by atoms with Crippen LogP contribution in [-0.2, 0) is 9.47 Å². The number of likely N-dealkylation sites (tertiary alicyclic amines) is 1. The third-order valence-corrected chi connectivity index (χ3v) is 7.13. The molecule has 1 aromatic heterocycles. The standard InChI is InChI=1S/C22H27FN4O4/c23-16-1-2-20(31-18-10-28-11-18)19(7-16)15-3-5-26(6-4-15)17-8-22(30-9-17)12-27(13-22)21-25-24-14-29-21/h1-2,7,14-15,17-18H,3-6,8-13H2. The molecule has 0 saturated carbocycles. The summed E-state index contributed by atoms with van der Waals surface area (Å²) < 4.78 is 36.8. The van der Waals surface area contributed by atoms with Gasteiger partial charge in [-0.15, -0.1) is 5.10 Å². The Morgan fingerprint density at radius 3 is 2.68 bits per heavy atom. The molecule has 5 heterocycles. The first-order chi connectivity index (χ1) is 15.2. The van der Waals surface area contributed by atoms with Gasteiger partial charge in [0.25, 0.3) is 0 Å². The van der Waals surface area contributed by atoms with Crippen LogP contribution in [0.5, 0.6) is 5.75 Å². The summed E-state index contributed by atoms with van der Waals surface area (Å²) in [5.74, 6) is 0.930. The van der Waals surface area contributed by atoms with Crippen LogP contribution in [-0.4, -0.2) is 78.8 Å². The Kier molecular flexibility index (Phi) is 4.85. The van der Waals surface area contributed by atoms with E-state index in [1.807, 2.05) is 0 Å². The first kappa shape index (κ1) is 19.5. The van der Waals surface area contributed by atoms with Gasteiger partial charge in [0, 0.05) is 11.6 Å². The fraction of sp³-hybridized carbons (Fsp3) is 0.636. The van der Waals surface area contributed by atoms with Crippen LogP contribution in [0.1, 0.15) is 30.7 Å². The van der Waals surface area contributed by atoms with Crippen molar-refractivity contribution in [3.63, 3.8) is 0 Å². The van der Waals surface area contributed by atoms with E-state index in [0.717, 1.165) is 63.4 Å². The summed E-state index contributed by atoms with van der Waals surface area (Å²) in [5, 5.41) is 7.73.